The third kappa shape index (κ3) is 3.58. The van der Waals surface area contributed by atoms with Crippen molar-refractivity contribution in [2.24, 2.45) is 0 Å². The predicted octanol–water partition coefficient (Wildman–Crippen LogP) is 2.31. The summed E-state index contributed by atoms with van der Waals surface area (Å²) in [5, 5.41) is 0.0943. The van der Waals surface area contributed by atoms with Crippen molar-refractivity contribution in [1.29, 1.82) is 0 Å². The number of benzene rings is 1. The SMILES string of the molecule is COC(C[Se](C)(=O)=O)c1ccccc1. The van der Waals surface area contributed by atoms with Crippen LogP contribution < -0.4 is 0 Å². The van der Waals surface area contributed by atoms with Crippen LogP contribution in [0, 0.1) is 0 Å². The van der Waals surface area contributed by atoms with Gasteiger partial charge in [0.15, 0.2) is 0 Å². The Morgan fingerprint density at radius 1 is 1.29 bits per heavy atom. The molecule has 0 N–H and O–H groups in total. The number of hydrogen-bond donors (Lipinski definition) is 0. The van der Waals surface area contributed by atoms with Crippen LogP contribution in [-0.2, 0) is 12.4 Å². The molecule has 0 heterocycles. The van der Waals surface area contributed by atoms with Crippen LogP contribution in [0.1, 0.15) is 11.7 Å². The van der Waals surface area contributed by atoms with Gasteiger partial charge in [0, 0.05) is 0 Å². The Bertz CT molecular complexity index is 370. The first kappa shape index (κ1) is 11.4. The zero-order valence-corrected chi connectivity index (χ0v) is 10.0. The molecular weight excluding hydrogens is 247 g/mol. The quantitative estimate of drug-likeness (QED) is 0.781. The van der Waals surface area contributed by atoms with Crippen molar-refractivity contribution in [3.8, 4) is 0 Å². The molecule has 1 unspecified atom stereocenters. The summed E-state index contributed by atoms with van der Waals surface area (Å²) in [6.45, 7) is 0. The summed E-state index contributed by atoms with van der Waals surface area (Å²) in [5.41, 5.74) is 0.908. The first-order valence-electron chi connectivity index (χ1n) is 4.28. The van der Waals surface area contributed by atoms with Crippen LogP contribution in [0.4, 0.5) is 0 Å². The molecule has 1 aromatic rings. The van der Waals surface area contributed by atoms with Crippen molar-refractivity contribution in [2.75, 3.05) is 7.11 Å². The van der Waals surface area contributed by atoms with E-state index >= 15 is 0 Å². The average Bonchev–Trinajstić information content (AvgIpc) is 2.14. The van der Waals surface area contributed by atoms with Gasteiger partial charge in [0.2, 0.25) is 0 Å². The number of ether oxygens (including phenoxy) is 1. The fourth-order valence-corrected chi connectivity index (χ4v) is 3.09. The molecule has 0 aliphatic rings. The zero-order valence-electron chi connectivity index (χ0n) is 8.30. The normalized spacial score (nSPS) is 13.9. The molecule has 0 aromatic heterocycles. The van der Waals surface area contributed by atoms with Crippen LogP contribution in [0.25, 0.3) is 0 Å². The minimum absolute atomic E-state index is 0.0943. The molecule has 0 saturated heterocycles. The van der Waals surface area contributed by atoms with E-state index in [-0.39, 0.29) is 11.4 Å². The third-order valence-corrected chi connectivity index (χ3v) is 3.82. The molecule has 1 atom stereocenters. The van der Waals surface area contributed by atoms with Gasteiger partial charge in [-0.15, -0.1) is 0 Å². The van der Waals surface area contributed by atoms with E-state index < -0.39 is 12.7 Å². The molecule has 1 rings (SSSR count). The van der Waals surface area contributed by atoms with Gasteiger partial charge in [0.25, 0.3) is 0 Å². The van der Waals surface area contributed by atoms with E-state index in [9.17, 15) is 7.67 Å². The van der Waals surface area contributed by atoms with E-state index in [4.69, 9.17) is 4.74 Å². The molecule has 0 saturated carbocycles. The molecule has 0 radical (unpaired) electrons. The molecule has 0 aliphatic heterocycles. The van der Waals surface area contributed by atoms with Gasteiger partial charge in [-0.2, -0.15) is 0 Å². The second-order valence-corrected chi connectivity index (χ2v) is 7.81. The van der Waals surface area contributed by atoms with E-state index in [0.717, 1.165) is 5.56 Å². The summed E-state index contributed by atoms with van der Waals surface area (Å²) in [6.07, 6.45) is -0.337. The van der Waals surface area contributed by atoms with Crippen LogP contribution in [-0.4, -0.2) is 19.8 Å². The molecule has 0 fully saturated rings. The van der Waals surface area contributed by atoms with Gasteiger partial charge in [0.05, 0.1) is 0 Å². The Labute approximate surface area is 85.7 Å². The molecule has 0 spiro atoms. The molecule has 1 aromatic carbocycles. The Hall–Kier alpha value is -0.701. The van der Waals surface area contributed by atoms with E-state index in [1.54, 1.807) is 0 Å². The molecule has 14 heavy (non-hydrogen) atoms. The van der Waals surface area contributed by atoms with Crippen LogP contribution >= 0.6 is 0 Å². The van der Waals surface area contributed by atoms with Crippen molar-refractivity contribution in [3.05, 3.63) is 35.9 Å². The number of hydrogen-bond acceptors (Lipinski definition) is 3. The summed E-state index contributed by atoms with van der Waals surface area (Å²) in [4.78, 5) is 0. The maximum absolute atomic E-state index is 11.2. The summed E-state index contributed by atoms with van der Waals surface area (Å²) >= 11 is -3.72. The monoisotopic (exact) mass is 262 g/mol. The Kier molecular flexibility index (Phi) is 3.81. The van der Waals surface area contributed by atoms with Crippen LogP contribution in [0.2, 0.25) is 11.1 Å². The second kappa shape index (κ2) is 4.69. The minimum atomic E-state index is -3.72. The summed E-state index contributed by atoms with van der Waals surface area (Å²) in [6, 6.07) is 9.38. The zero-order chi connectivity index (χ0) is 10.6. The standard InChI is InChI=1S/C10H14O3Se/c1-13-10(8-14(2,11)12)9-6-4-3-5-7-9/h3-7,10H,8H2,1-2H3. The fraction of sp³-hybridized carbons (Fsp3) is 0.400. The van der Waals surface area contributed by atoms with Crippen molar-refractivity contribution >= 4 is 12.7 Å². The van der Waals surface area contributed by atoms with Crippen LogP contribution in [0.5, 0.6) is 0 Å². The van der Waals surface area contributed by atoms with E-state index in [2.05, 4.69) is 0 Å². The molecule has 0 bridgehead atoms. The van der Waals surface area contributed by atoms with Gasteiger partial charge in [-0.05, 0) is 0 Å². The van der Waals surface area contributed by atoms with Gasteiger partial charge in [-0.3, -0.25) is 0 Å². The predicted molar refractivity (Wildman–Crippen MR) is 54.0 cm³/mol. The van der Waals surface area contributed by atoms with E-state index in [1.807, 2.05) is 30.3 Å². The van der Waals surface area contributed by atoms with E-state index in [0.29, 0.717) is 0 Å². The molecular formula is C10H14O3Se. The molecule has 0 amide bonds. The van der Waals surface area contributed by atoms with E-state index in [1.165, 1.54) is 12.9 Å². The van der Waals surface area contributed by atoms with Crippen molar-refractivity contribution in [1.82, 2.24) is 0 Å². The molecule has 78 valence electrons. The van der Waals surface area contributed by atoms with Crippen molar-refractivity contribution in [2.45, 2.75) is 17.2 Å². The topological polar surface area (TPSA) is 43.4 Å². The summed E-state index contributed by atoms with van der Waals surface area (Å²) < 4.78 is 27.5. The number of methoxy groups -OCH3 is 1. The van der Waals surface area contributed by atoms with Gasteiger partial charge < -0.3 is 0 Å². The van der Waals surface area contributed by atoms with Crippen molar-refractivity contribution < 1.29 is 12.4 Å². The number of rotatable bonds is 4. The van der Waals surface area contributed by atoms with Gasteiger partial charge >= 0.3 is 85.4 Å². The maximum atomic E-state index is 11.2. The first-order chi connectivity index (χ1) is 6.53. The van der Waals surface area contributed by atoms with Gasteiger partial charge in [-0.1, -0.05) is 0 Å². The second-order valence-electron chi connectivity index (χ2n) is 3.23. The molecule has 4 heteroatoms. The van der Waals surface area contributed by atoms with Crippen LogP contribution in [0.15, 0.2) is 30.3 Å². The Morgan fingerprint density at radius 3 is 2.29 bits per heavy atom. The van der Waals surface area contributed by atoms with Crippen LogP contribution in [0.3, 0.4) is 0 Å². The van der Waals surface area contributed by atoms with Gasteiger partial charge in [0.1, 0.15) is 0 Å². The molecule has 3 nitrogen and oxygen atoms in total. The van der Waals surface area contributed by atoms with Gasteiger partial charge in [-0.25, -0.2) is 0 Å². The fourth-order valence-electron chi connectivity index (χ4n) is 1.24. The average molecular weight is 261 g/mol. The molecule has 0 aliphatic carbocycles. The summed E-state index contributed by atoms with van der Waals surface area (Å²) in [7, 11) is 1.53. The summed E-state index contributed by atoms with van der Waals surface area (Å²) in [5.74, 6) is 1.28. The third-order valence-electron chi connectivity index (χ3n) is 1.91. The Balaban J connectivity index is 2.84. The Morgan fingerprint density at radius 2 is 1.86 bits per heavy atom. The van der Waals surface area contributed by atoms with Crippen molar-refractivity contribution in [3.63, 3.8) is 0 Å². The first-order valence-corrected chi connectivity index (χ1v) is 8.60.